The molecule has 0 N–H and O–H groups in total. The van der Waals surface area contributed by atoms with Gasteiger partial charge in [-0.05, 0) is 12.1 Å². The fourth-order valence-corrected chi connectivity index (χ4v) is 3.31. The summed E-state index contributed by atoms with van der Waals surface area (Å²) in [6.45, 7) is 6.27. The van der Waals surface area contributed by atoms with E-state index in [0.29, 0.717) is 12.4 Å². The predicted octanol–water partition coefficient (Wildman–Crippen LogP) is -0.0197. The van der Waals surface area contributed by atoms with Crippen LogP contribution in [0.1, 0.15) is 5.69 Å². The number of hydrogen-bond donors (Lipinski definition) is 0. The fraction of sp³-hybridized carbons (Fsp3) is 0.444. The molecular weight excluding hydrogens is 344 g/mol. The van der Waals surface area contributed by atoms with Crippen LogP contribution < -0.4 is 5.56 Å². The molecular formula is C18H24N8O. The monoisotopic (exact) mass is 368 g/mol. The van der Waals surface area contributed by atoms with Crippen LogP contribution in [0.5, 0.6) is 0 Å². The van der Waals surface area contributed by atoms with Gasteiger partial charge in [-0.1, -0.05) is 0 Å². The average Bonchev–Trinajstić information content (AvgIpc) is 3.34. The zero-order valence-corrected chi connectivity index (χ0v) is 15.5. The number of aryl methyl sites for hydroxylation is 1. The Labute approximate surface area is 157 Å². The molecule has 0 unspecified atom stereocenters. The van der Waals surface area contributed by atoms with Crippen LogP contribution in [0.25, 0.3) is 5.82 Å². The lowest BCUT2D eigenvalue weighted by atomic mass is 10.3. The Balaban J connectivity index is 1.30. The Kier molecular flexibility index (Phi) is 5.12. The maximum absolute atomic E-state index is 12.1. The Morgan fingerprint density at radius 3 is 2.59 bits per heavy atom. The Morgan fingerprint density at radius 1 is 1.07 bits per heavy atom. The smallest absolute Gasteiger partial charge is 0.266 e. The van der Waals surface area contributed by atoms with Crippen LogP contribution in [0.15, 0.2) is 47.9 Å². The first kappa shape index (κ1) is 17.6. The second kappa shape index (κ2) is 7.85. The summed E-state index contributed by atoms with van der Waals surface area (Å²) in [6.07, 6.45) is 7.42. The molecule has 0 aromatic carbocycles. The highest BCUT2D eigenvalue weighted by Crippen LogP contribution is 2.07. The van der Waals surface area contributed by atoms with Crippen LogP contribution in [0.2, 0.25) is 0 Å². The molecule has 142 valence electrons. The van der Waals surface area contributed by atoms with Crippen molar-refractivity contribution in [2.45, 2.75) is 13.1 Å². The van der Waals surface area contributed by atoms with Crippen LogP contribution in [-0.4, -0.2) is 71.6 Å². The van der Waals surface area contributed by atoms with E-state index in [-0.39, 0.29) is 5.56 Å². The van der Waals surface area contributed by atoms with Crippen LogP contribution in [0.3, 0.4) is 0 Å². The first-order valence-electron chi connectivity index (χ1n) is 9.17. The molecule has 0 atom stereocenters. The zero-order valence-electron chi connectivity index (χ0n) is 15.5. The Morgan fingerprint density at radius 2 is 1.89 bits per heavy atom. The van der Waals surface area contributed by atoms with Crippen molar-refractivity contribution < 1.29 is 0 Å². The van der Waals surface area contributed by atoms with Crippen LogP contribution in [-0.2, 0) is 20.1 Å². The summed E-state index contributed by atoms with van der Waals surface area (Å²) < 4.78 is 5.16. The van der Waals surface area contributed by atoms with E-state index in [9.17, 15) is 4.79 Å². The molecule has 4 heterocycles. The van der Waals surface area contributed by atoms with Crippen molar-refractivity contribution in [1.82, 2.24) is 38.9 Å². The molecule has 1 aliphatic rings. The van der Waals surface area contributed by atoms with Crippen LogP contribution in [0, 0.1) is 0 Å². The van der Waals surface area contributed by atoms with E-state index >= 15 is 0 Å². The average molecular weight is 368 g/mol. The van der Waals surface area contributed by atoms with Gasteiger partial charge in [0.25, 0.3) is 5.56 Å². The predicted molar refractivity (Wildman–Crippen MR) is 101 cm³/mol. The quantitative estimate of drug-likeness (QED) is 0.609. The number of rotatable bonds is 6. The summed E-state index contributed by atoms with van der Waals surface area (Å²) in [4.78, 5) is 21.3. The normalized spacial score (nSPS) is 16.0. The van der Waals surface area contributed by atoms with Gasteiger partial charge in [0, 0.05) is 71.0 Å². The van der Waals surface area contributed by atoms with Crippen molar-refractivity contribution in [2.75, 3.05) is 32.7 Å². The minimum absolute atomic E-state index is 0.0836. The Hall–Kier alpha value is -2.78. The molecule has 0 radical (unpaired) electrons. The third kappa shape index (κ3) is 4.32. The van der Waals surface area contributed by atoms with Gasteiger partial charge < -0.3 is 4.57 Å². The van der Waals surface area contributed by atoms with Gasteiger partial charge in [-0.2, -0.15) is 5.10 Å². The summed E-state index contributed by atoms with van der Waals surface area (Å²) in [5, 5.41) is 8.60. The van der Waals surface area contributed by atoms with Crippen molar-refractivity contribution in [1.29, 1.82) is 0 Å². The summed E-state index contributed by atoms with van der Waals surface area (Å²) >= 11 is 0. The highest BCUT2D eigenvalue weighted by atomic mass is 16.1. The van der Waals surface area contributed by atoms with Gasteiger partial charge in [0.05, 0.1) is 18.6 Å². The molecule has 0 saturated carbocycles. The molecule has 0 aliphatic carbocycles. The van der Waals surface area contributed by atoms with E-state index in [4.69, 9.17) is 0 Å². The van der Waals surface area contributed by atoms with Crippen molar-refractivity contribution in [3.05, 3.63) is 59.2 Å². The summed E-state index contributed by atoms with van der Waals surface area (Å²) in [7, 11) is 1.99. The maximum Gasteiger partial charge on any atom is 0.266 e. The molecule has 1 saturated heterocycles. The number of hydrogen-bond acceptors (Lipinski definition) is 6. The van der Waals surface area contributed by atoms with Crippen LogP contribution in [0.4, 0.5) is 0 Å². The van der Waals surface area contributed by atoms with Gasteiger partial charge in [0.2, 0.25) is 0 Å². The van der Waals surface area contributed by atoms with E-state index in [1.54, 1.807) is 23.0 Å². The number of nitrogens with zero attached hydrogens (tertiary/aromatic N) is 8. The van der Waals surface area contributed by atoms with E-state index in [0.717, 1.165) is 45.0 Å². The number of aromatic nitrogens is 6. The van der Waals surface area contributed by atoms with Gasteiger partial charge in [-0.15, -0.1) is 5.10 Å². The molecule has 4 rings (SSSR count). The second-order valence-corrected chi connectivity index (χ2v) is 6.85. The molecule has 27 heavy (non-hydrogen) atoms. The highest BCUT2D eigenvalue weighted by Gasteiger charge is 2.17. The van der Waals surface area contributed by atoms with E-state index in [1.807, 2.05) is 30.2 Å². The lowest BCUT2D eigenvalue weighted by Crippen LogP contribution is -2.47. The third-order valence-electron chi connectivity index (χ3n) is 4.83. The van der Waals surface area contributed by atoms with Crippen molar-refractivity contribution in [3.8, 4) is 5.82 Å². The lowest BCUT2D eigenvalue weighted by Gasteiger charge is -2.34. The van der Waals surface area contributed by atoms with Crippen molar-refractivity contribution in [2.24, 2.45) is 7.05 Å². The van der Waals surface area contributed by atoms with Gasteiger partial charge >= 0.3 is 0 Å². The standard InChI is InChI=1S/C18H24N8O/c1-22-13-16(19-15-22)14-24-9-7-23(8-10-24)11-12-26-18(27)4-3-17(21-26)25-6-2-5-20-25/h2-6,13,15H,7-12,14H2,1H3. The minimum Gasteiger partial charge on any atom is -0.340 e. The molecule has 9 heteroatoms. The SMILES string of the molecule is Cn1cnc(CN2CCN(CCn3nc(-n4cccn4)ccc3=O)CC2)c1. The van der Waals surface area contributed by atoms with Gasteiger partial charge in [0.15, 0.2) is 5.82 Å². The van der Waals surface area contributed by atoms with Gasteiger partial charge in [-0.3, -0.25) is 14.6 Å². The zero-order chi connectivity index (χ0) is 18.6. The van der Waals surface area contributed by atoms with Gasteiger partial charge in [-0.25, -0.2) is 14.3 Å². The molecule has 3 aromatic rings. The van der Waals surface area contributed by atoms with Crippen LogP contribution >= 0.6 is 0 Å². The first-order chi connectivity index (χ1) is 13.2. The fourth-order valence-electron chi connectivity index (χ4n) is 3.31. The van der Waals surface area contributed by atoms with Gasteiger partial charge in [0.1, 0.15) is 0 Å². The summed E-state index contributed by atoms with van der Waals surface area (Å²) in [5.74, 6) is 0.653. The van der Waals surface area contributed by atoms with Crippen molar-refractivity contribution >= 4 is 0 Å². The molecule has 0 bridgehead atoms. The molecule has 1 fully saturated rings. The molecule has 0 spiro atoms. The molecule has 1 aliphatic heterocycles. The largest absolute Gasteiger partial charge is 0.340 e. The first-order valence-corrected chi connectivity index (χ1v) is 9.17. The molecule has 9 nitrogen and oxygen atoms in total. The van der Waals surface area contributed by atoms with E-state index < -0.39 is 0 Å². The lowest BCUT2D eigenvalue weighted by molar-refractivity contribution is 0.122. The molecule has 3 aromatic heterocycles. The maximum atomic E-state index is 12.1. The minimum atomic E-state index is -0.0836. The highest BCUT2D eigenvalue weighted by molar-refractivity contribution is 5.17. The second-order valence-electron chi connectivity index (χ2n) is 6.85. The summed E-state index contributed by atoms with van der Waals surface area (Å²) in [6, 6.07) is 5.08. The van der Waals surface area contributed by atoms with E-state index in [1.165, 1.54) is 4.68 Å². The third-order valence-corrected chi connectivity index (χ3v) is 4.83. The number of piperazine rings is 1. The Bertz CT molecular complexity index is 921. The van der Waals surface area contributed by atoms with Crippen molar-refractivity contribution in [3.63, 3.8) is 0 Å². The number of imidazole rings is 1. The topological polar surface area (TPSA) is 77.0 Å². The molecule has 0 amide bonds. The summed E-state index contributed by atoms with van der Waals surface area (Å²) in [5.41, 5.74) is 1.02. The van der Waals surface area contributed by atoms with E-state index in [2.05, 4.69) is 31.2 Å².